The second-order valence-electron chi connectivity index (χ2n) is 9.40. The predicted molar refractivity (Wildman–Crippen MR) is 141 cm³/mol. The number of amides is 4. The number of imide groups is 1. The molecule has 2 heterocycles. The van der Waals surface area contributed by atoms with E-state index in [1.807, 2.05) is 0 Å². The van der Waals surface area contributed by atoms with E-state index < -0.39 is 35.5 Å². The van der Waals surface area contributed by atoms with Crippen molar-refractivity contribution in [1.82, 2.24) is 10.6 Å². The van der Waals surface area contributed by atoms with Gasteiger partial charge in [0.15, 0.2) is 0 Å². The van der Waals surface area contributed by atoms with Gasteiger partial charge in [-0.05, 0) is 42.8 Å². The van der Waals surface area contributed by atoms with Crippen molar-refractivity contribution in [3.05, 3.63) is 70.8 Å². The Morgan fingerprint density at radius 1 is 1.18 bits per heavy atom. The lowest BCUT2D eigenvalue weighted by Crippen LogP contribution is -2.59. The molecule has 0 aromatic heterocycles. The number of likely N-dealkylation sites (N-methyl/N-ethyl adjacent to an activating group) is 1. The number of nitrogens with one attached hydrogen (secondary N) is 2. The zero-order chi connectivity index (χ0) is 28.3. The first kappa shape index (κ1) is 28.0. The van der Waals surface area contributed by atoms with E-state index in [2.05, 4.69) is 17.2 Å². The number of alkyl carbamates (subject to hydrolysis) is 1. The summed E-state index contributed by atoms with van der Waals surface area (Å²) >= 11 is 5.87. The smallest absolute Gasteiger partial charge is 0.407 e. The van der Waals surface area contributed by atoms with Crippen LogP contribution in [0, 0.1) is 11.6 Å². The molecular weight excluding hydrogens is 534 g/mol. The third-order valence-electron chi connectivity index (χ3n) is 6.68. The number of anilines is 2. The number of halogens is 3. The molecule has 206 valence electrons. The zero-order valence-electron chi connectivity index (χ0n) is 21.1. The SMILES string of the molecule is C=C(CCOC(=O)NC1CN(c2cc(F)c(C3CCC(=O)NC3=O)c(F)c2)C1)C(=O)N(C)c1ccc(Cl)cc1. The maximum absolute atomic E-state index is 14.8. The molecule has 12 heteroatoms. The molecule has 4 amide bonds. The van der Waals surface area contributed by atoms with Crippen LogP contribution in [-0.4, -0.2) is 56.6 Å². The van der Waals surface area contributed by atoms with Gasteiger partial charge in [0.25, 0.3) is 5.91 Å². The van der Waals surface area contributed by atoms with Crippen LogP contribution in [0.4, 0.5) is 25.0 Å². The topological polar surface area (TPSA) is 108 Å². The van der Waals surface area contributed by atoms with E-state index in [0.717, 1.165) is 12.1 Å². The molecule has 0 spiro atoms. The fraction of sp³-hybridized carbons (Fsp3) is 0.333. The van der Waals surface area contributed by atoms with Crippen LogP contribution in [0.5, 0.6) is 0 Å². The Kier molecular flexibility index (Phi) is 8.49. The van der Waals surface area contributed by atoms with Gasteiger partial charge in [-0.2, -0.15) is 0 Å². The van der Waals surface area contributed by atoms with Crippen LogP contribution in [0.3, 0.4) is 0 Å². The molecule has 2 aliphatic rings. The van der Waals surface area contributed by atoms with E-state index in [4.69, 9.17) is 16.3 Å². The number of nitrogens with zero attached hydrogens (tertiary/aromatic N) is 2. The first-order valence-corrected chi connectivity index (χ1v) is 12.6. The highest BCUT2D eigenvalue weighted by molar-refractivity contribution is 6.30. The van der Waals surface area contributed by atoms with Crippen molar-refractivity contribution < 1.29 is 32.7 Å². The van der Waals surface area contributed by atoms with Crippen LogP contribution in [0.15, 0.2) is 48.6 Å². The molecular formula is C27H27ClF2N4O5. The maximum Gasteiger partial charge on any atom is 0.407 e. The number of carbonyl (C=O) groups excluding carboxylic acids is 4. The third-order valence-corrected chi connectivity index (χ3v) is 6.93. The number of ether oxygens (including phenoxy) is 1. The molecule has 1 atom stereocenters. The molecule has 0 saturated carbocycles. The summed E-state index contributed by atoms with van der Waals surface area (Å²) in [4.78, 5) is 51.1. The Balaban J connectivity index is 1.21. The number of carbonyl (C=O) groups is 4. The van der Waals surface area contributed by atoms with Crippen molar-refractivity contribution in [3.63, 3.8) is 0 Å². The molecule has 2 N–H and O–H groups in total. The molecule has 9 nitrogen and oxygen atoms in total. The predicted octanol–water partition coefficient (Wildman–Crippen LogP) is 3.66. The third kappa shape index (κ3) is 6.54. The molecule has 1 unspecified atom stereocenters. The molecule has 2 fully saturated rings. The van der Waals surface area contributed by atoms with Crippen molar-refractivity contribution in [1.29, 1.82) is 0 Å². The maximum atomic E-state index is 14.8. The summed E-state index contributed by atoms with van der Waals surface area (Å²) in [5, 5.41) is 5.32. The average molecular weight is 561 g/mol. The van der Waals surface area contributed by atoms with E-state index in [0.29, 0.717) is 23.8 Å². The summed E-state index contributed by atoms with van der Waals surface area (Å²) in [6.45, 7) is 4.30. The Morgan fingerprint density at radius 2 is 1.82 bits per heavy atom. The van der Waals surface area contributed by atoms with Crippen molar-refractivity contribution >= 4 is 46.8 Å². The minimum Gasteiger partial charge on any atom is -0.449 e. The van der Waals surface area contributed by atoms with Gasteiger partial charge in [-0.3, -0.25) is 19.7 Å². The van der Waals surface area contributed by atoms with Gasteiger partial charge < -0.3 is 19.9 Å². The van der Waals surface area contributed by atoms with Crippen molar-refractivity contribution in [2.75, 3.05) is 36.5 Å². The van der Waals surface area contributed by atoms with Gasteiger partial charge in [-0.15, -0.1) is 0 Å². The van der Waals surface area contributed by atoms with Crippen LogP contribution >= 0.6 is 11.6 Å². The Labute approximate surface area is 228 Å². The Bertz CT molecular complexity index is 1290. The summed E-state index contributed by atoms with van der Waals surface area (Å²) < 4.78 is 34.7. The van der Waals surface area contributed by atoms with E-state index in [1.54, 1.807) is 36.2 Å². The van der Waals surface area contributed by atoms with Gasteiger partial charge >= 0.3 is 6.09 Å². The summed E-state index contributed by atoms with van der Waals surface area (Å²) in [5.41, 5.74) is 0.818. The van der Waals surface area contributed by atoms with E-state index >= 15 is 0 Å². The molecule has 2 aromatic carbocycles. The normalized spacial score (nSPS) is 17.2. The van der Waals surface area contributed by atoms with Gasteiger partial charge in [0, 0.05) is 60.5 Å². The molecule has 4 rings (SSSR count). The fourth-order valence-electron chi connectivity index (χ4n) is 4.44. The molecule has 2 aliphatic heterocycles. The molecule has 39 heavy (non-hydrogen) atoms. The van der Waals surface area contributed by atoms with Gasteiger partial charge in [0.2, 0.25) is 11.8 Å². The molecule has 0 radical (unpaired) electrons. The van der Waals surface area contributed by atoms with Crippen molar-refractivity contribution in [2.24, 2.45) is 0 Å². The van der Waals surface area contributed by atoms with E-state index in [1.165, 1.54) is 4.90 Å². The van der Waals surface area contributed by atoms with Crippen LogP contribution < -0.4 is 20.4 Å². The van der Waals surface area contributed by atoms with Gasteiger partial charge in [-0.1, -0.05) is 18.2 Å². The van der Waals surface area contributed by atoms with Gasteiger partial charge in [0.1, 0.15) is 11.6 Å². The van der Waals surface area contributed by atoms with Gasteiger partial charge in [-0.25, -0.2) is 13.6 Å². The first-order valence-electron chi connectivity index (χ1n) is 12.3. The van der Waals surface area contributed by atoms with Crippen LogP contribution in [0.1, 0.15) is 30.7 Å². The Hall–Kier alpha value is -3.99. The highest BCUT2D eigenvalue weighted by Crippen LogP contribution is 2.33. The molecule has 0 aliphatic carbocycles. The minimum absolute atomic E-state index is 0.0114. The van der Waals surface area contributed by atoms with Crippen LogP contribution in [-0.2, 0) is 19.1 Å². The number of rotatable bonds is 8. The minimum atomic E-state index is -1.07. The highest BCUT2D eigenvalue weighted by atomic mass is 35.5. The monoisotopic (exact) mass is 560 g/mol. The van der Waals surface area contributed by atoms with E-state index in [-0.39, 0.29) is 54.6 Å². The second kappa shape index (κ2) is 11.8. The largest absolute Gasteiger partial charge is 0.449 e. The summed E-state index contributed by atoms with van der Waals surface area (Å²) in [5.74, 6) is -4.31. The lowest BCUT2D eigenvalue weighted by molar-refractivity contribution is -0.134. The quantitative estimate of drug-likeness (QED) is 0.377. The zero-order valence-corrected chi connectivity index (χ0v) is 21.9. The molecule has 2 aromatic rings. The number of hydrogen-bond acceptors (Lipinski definition) is 6. The lowest BCUT2D eigenvalue weighted by Gasteiger charge is -2.41. The number of benzene rings is 2. The lowest BCUT2D eigenvalue weighted by atomic mass is 9.89. The molecule has 2 saturated heterocycles. The van der Waals surface area contributed by atoms with Gasteiger partial charge in [0.05, 0.1) is 18.6 Å². The number of hydrogen-bond donors (Lipinski definition) is 2. The van der Waals surface area contributed by atoms with Crippen LogP contribution in [0.2, 0.25) is 5.02 Å². The summed E-state index contributed by atoms with van der Waals surface area (Å²) in [6, 6.07) is 8.72. The second-order valence-corrected chi connectivity index (χ2v) is 9.84. The number of piperidine rings is 1. The van der Waals surface area contributed by atoms with E-state index in [9.17, 15) is 28.0 Å². The van der Waals surface area contributed by atoms with Crippen molar-refractivity contribution in [3.8, 4) is 0 Å². The average Bonchev–Trinajstić information content (AvgIpc) is 2.86. The van der Waals surface area contributed by atoms with Crippen LogP contribution in [0.25, 0.3) is 0 Å². The summed E-state index contributed by atoms with van der Waals surface area (Å²) in [7, 11) is 1.60. The fourth-order valence-corrected chi connectivity index (χ4v) is 4.56. The Morgan fingerprint density at radius 3 is 2.44 bits per heavy atom. The molecule has 0 bridgehead atoms. The summed E-state index contributed by atoms with van der Waals surface area (Å²) in [6.07, 6.45) is -0.497. The standard InChI is InChI=1S/C27H27ClF2N4O5/c1-15(26(37)33(2)18-5-3-16(28)4-6-18)9-10-39-27(38)31-17-13-34(14-17)19-11-21(29)24(22(30)12-19)20-7-8-23(35)32-25(20)36/h3-6,11-12,17,20H,1,7-10,13-14H2,2H3,(H,31,38)(H,32,35,36). The van der Waals surface area contributed by atoms with Crippen molar-refractivity contribution in [2.45, 2.75) is 31.2 Å². The first-order chi connectivity index (χ1) is 18.5. The highest BCUT2D eigenvalue weighted by Gasteiger charge is 2.34.